The highest BCUT2D eigenvalue weighted by atomic mass is 32.2. The van der Waals surface area contributed by atoms with Crippen LogP contribution in [-0.4, -0.2) is 56.0 Å². The zero-order chi connectivity index (χ0) is 21.1. The maximum atomic E-state index is 13.3. The molecule has 30 heavy (non-hydrogen) atoms. The summed E-state index contributed by atoms with van der Waals surface area (Å²) in [4.78, 5) is 0. The summed E-state index contributed by atoms with van der Waals surface area (Å²) in [5, 5.41) is 4.27. The minimum absolute atomic E-state index is 0.309. The molecule has 4 rings (SSSR count). The molecule has 0 N–H and O–H groups in total. The van der Waals surface area contributed by atoms with Gasteiger partial charge in [-0.05, 0) is 43.9 Å². The van der Waals surface area contributed by atoms with Crippen molar-refractivity contribution in [3.8, 4) is 22.8 Å². The fourth-order valence-electron chi connectivity index (χ4n) is 4.29. The van der Waals surface area contributed by atoms with E-state index in [0.29, 0.717) is 42.6 Å². The van der Waals surface area contributed by atoms with E-state index < -0.39 is 10.2 Å². The summed E-state index contributed by atoms with van der Waals surface area (Å²) in [6.45, 7) is 1.71. The Hall–Kier alpha value is -2.10. The van der Waals surface area contributed by atoms with E-state index >= 15 is 0 Å². The summed E-state index contributed by atoms with van der Waals surface area (Å²) < 4.78 is 46.2. The number of hydrogen-bond donors (Lipinski definition) is 0. The summed E-state index contributed by atoms with van der Waals surface area (Å²) in [7, 11) is -0.337. The van der Waals surface area contributed by atoms with Gasteiger partial charge >= 0.3 is 0 Å². The second-order valence-corrected chi connectivity index (χ2v) is 9.66. The molecule has 1 unspecified atom stereocenters. The van der Waals surface area contributed by atoms with E-state index in [1.165, 1.54) is 0 Å². The van der Waals surface area contributed by atoms with Crippen LogP contribution in [0.5, 0.6) is 11.5 Å². The average molecular weight is 436 g/mol. The molecule has 9 heteroatoms. The van der Waals surface area contributed by atoms with Crippen LogP contribution in [0.25, 0.3) is 11.3 Å². The summed E-state index contributed by atoms with van der Waals surface area (Å²) in [5.41, 5.74) is 1.46. The molecule has 0 aliphatic carbocycles. The molecular weight excluding hydrogens is 406 g/mol. The van der Waals surface area contributed by atoms with Gasteiger partial charge in [0.1, 0.15) is 5.69 Å². The molecule has 2 saturated heterocycles. The molecule has 0 amide bonds. The van der Waals surface area contributed by atoms with Crippen LogP contribution in [-0.2, 0) is 10.2 Å². The van der Waals surface area contributed by atoms with Crippen LogP contribution in [0.2, 0.25) is 0 Å². The third-order valence-electron chi connectivity index (χ3n) is 5.93. The van der Waals surface area contributed by atoms with Gasteiger partial charge in [0.05, 0.1) is 20.3 Å². The van der Waals surface area contributed by atoms with Crippen LogP contribution in [0, 0.1) is 0 Å². The Balaban J connectivity index is 1.64. The highest BCUT2D eigenvalue weighted by molar-refractivity contribution is 7.86. The molecule has 1 aromatic carbocycles. The average Bonchev–Trinajstić information content (AvgIpc) is 3.42. The molecular formula is C21H29N3O5S. The van der Waals surface area contributed by atoms with Crippen LogP contribution in [0.15, 0.2) is 28.8 Å². The number of hydrogen-bond acceptors (Lipinski definition) is 6. The van der Waals surface area contributed by atoms with E-state index in [1.807, 2.05) is 24.3 Å². The predicted octanol–water partition coefficient (Wildman–Crippen LogP) is 3.62. The number of benzene rings is 1. The van der Waals surface area contributed by atoms with E-state index in [9.17, 15) is 8.42 Å². The zero-order valence-corrected chi connectivity index (χ0v) is 18.4. The van der Waals surface area contributed by atoms with Crippen molar-refractivity contribution in [3.63, 3.8) is 0 Å². The SMILES string of the molecule is COc1ccc(-c2cc(C3CCCCCN3S(=O)(=O)N3CCCC3)no2)cc1OC. The quantitative estimate of drug-likeness (QED) is 0.689. The largest absolute Gasteiger partial charge is 0.493 e. The van der Waals surface area contributed by atoms with Crippen LogP contribution in [0.3, 0.4) is 0 Å². The van der Waals surface area contributed by atoms with Gasteiger partial charge < -0.3 is 14.0 Å². The molecule has 0 saturated carbocycles. The predicted molar refractivity (Wildman–Crippen MR) is 113 cm³/mol. The van der Waals surface area contributed by atoms with Crippen molar-refractivity contribution in [3.05, 3.63) is 30.0 Å². The second-order valence-electron chi connectivity index (χ2n) is 7.78. The topological polar surface area (TPSA) is 85.1 Å². The lowest BCUT2D eigenvalue weighted by Crippen LogP contribution is -2.44. The van der Waals surface area contributed by atoms with Crippen molar-refractivity contribution in [1.82, 2.24) is 13.8 Å². The molecule has 2 fully saturated rings. The van der Waals surface area contributed by atoms with Crippen molar-refractivity contribution < 1.29 is 22.4 Å². The molecule has 0 bridgehead atoms. The second kappa shape index (κ2) is 8.95. The Morgan fingerprint density at radius 2 is 1.70 bits per heavy atom. The van der Waals surface area contributed by atoms with E-state index in [2.05, 4.69) is 5.16 Å². The minimum atomic E-state index is -3.51. The van der Waals surface area contributed by atoms with Crippen molar-refractivity contribution in [2.45, 2.75) is 44.6 Å². The Morgan fingerprint density at radius 1 is 0.967 bits per heavy atom. The molecule has 0 radical (unpaired) electrons. The lowest BCUT2D eigenvalue weighted by Gasteiger charge is -2.31. The fourth-order valence-corrected chi connectivity index (χ4v) is 6.20. The monoisotopic (exact) mass is 435 g/mol. The highest BCUT2D eigenvalue weighted by Gasteiger charge is 2.38. The first kappa shape index (κ1) is 21.1. The maximum Gasteiger partial charge on any atom is 0.282 e. The van der Waals surface area contributed by atoms with E-state index in [0.717, 1.165) is 44.1 Å². The van der Waals surface area contributed by atoms with E-state index in [-0.39, 0.29) is 6.04 Å². The molecule has 2 aromatic rings. The van der Waals surface area contributed by atoms with Gasteiger partial charge in [-0.1, -0.05) is 18.0 Å². The number of rotatable bonds is 6. The first-order chi connectivity index (χ1) is 14.5. The number of aromatic nitrogens is 1. The van der Waals surface area contributed by atoms with Crippen molar-refractivity contribution >= 4 is 10.2 Å². The summed E-state index contributed by atoms with van der Waals surface area (Å²) in [6.07, 6.45) is 5.43. The number of ether oxygens (including phenoxy) is 2. The van der Waals surface area contributed by atoms with Gasteiger partial charge in [0.15, 0.2) is 17.3 Å². The lowest BCUT2D eigenvalue weighted by molar-refractivity contribution is 0.285. The smallest absolute Gasteiger partial charge is 0.282 e. The number of nitrogens with zero attached hydrogens (tertiary/aromatic N) is 3. The zero-order valence-electron chi connectivity index (χ0n) is 17.5. The Bertz CT molecular complexity index is 969. The van der Waals surface area contributed by atoms with Crippen LogP contribution >= 0.6 is 0 Å². The standard InChI is InChI=1S/C21H29N3O5S/c1-27-19-10-9-16(14-21(19)28-2)20-15-17(22-29-20)18-8-4-3-5-13-24(18)30(25,26)23-11-6-7-12-23/h9-10,14-15,18H,3-8,11-13H2,1-2H3. The Morgan fingerprint density at radius 3 is 2.43 bits per heavy atom. The maximum absolute atomic E-state index is 13.3. The molecule has 2 aliphatic heterocycles. The molecule has 2 aliphatic rings. The normalized spacial score (nSPS) is 21.5. The van der Waals surface area contributed by atoms with Crippen LogP contribution in [0.1, 0.15) is 50.3 Å². The van der Waals surface area contributed by atoms with Gasteiger partial charge in [-0.25, -0.2) is 0 Å². The van der Waals surface area contributed by atoms with Gasteiger partial charge in [0.25, 0.3) is 10.2 Å². The molecule has 1 atom stereocenters. The first-order valence-corrected chi connectivity index (χ1v) is 11.9. The van der Waals surface area contributed by atoms with Gasteiger partial charge in [0.2, 0.25) is 0 Å². The third-order valence-corrected chi connectivity index (χ3v) is 7.98. The first-order valence-electron chi connectivity index (χ1n) is 10.5. The van der Waals surface area contributed by atoms with Crippen molar-refractivity contribution in [1.29, 1.82) is 0 Å². The molecule has 1 aromatic heterocycles. The minimum Gasteiger partial charge on any atom is -0.493 e. The Labute approximate surface area is 177 Å². The highest BCUT2D eigenvalue weighted by Crippen LogP contribution is 2.37. The molecule has 0 spiro atoms. The number of methoxy groups -OCH3 is 2. The summed E-state index contributed by atoms with van der Waals surface area (Å²) in [5.74, 6) is 1.81. The van der Waals surface area contributed by atoms with Gasteiger partial charge in [0, 0.05) is 31.3 Å². The van der Waals surface area contributed by atoms with Gasteiger partial charge in [-0.3, -0.25) is 0 Å². The van der Waals surface area contributed by atoms with Gasteiger partial charge in [-0.2, -0.15) is 17.0 Å². The van der Waals surface area contributed by atoms with E-state index in [1.54, 1.807) is 22.8 Å². The summed E-state index contributed by atoms with van der Waals surface area (Å²) in [6, 6.07) is 7.05. The van der Waals surface area contributed by atoms with Gasteiger partial charge in [-0.15, -0.1) is 0 Å². The molecule has 8 nitrogen and oxygen atoms in total. The van der Waals surface area contributed by atoms with Crippen LogP contribution in [0.4, 0.5) is 0 Å². The fraction of sp³-hybridized carbons (Fsp3) is 0.571. The summed E-state index contributed by atoms with van der Waals surface area (Å²) >= 11 is 0. The van der Waals surface area contributed by atoms with E-state index in [4.69, 9.17) is 14.0 Å². The third kappa shape index (κ3) is 4.06. The van der Waals surface area contributed by atoms with Crippen LogP contribution < -0.4 is 9.47 Å². The van der Waals surface area contributed by atoms with Crippen molar-refractivity contribution in [2.75, 3.05) is 33.9 Å². The molecule has 3 heterocycles. The lowest BCUT2D eigenvalue weighted by atomic mass is 10.1. The Kier molecular flexibility index (Phi) is 6.31. The molecule has 164 valence electrons. The van der Waals surface area contributed by atoms with Crippen molar-refractivity contribution in [2.24, 2.45) is 0 Å².